The molecule has 0 spiro atoms. The number of aryl methyl sites for hydroxylation is 1. The van der Waals surface area contributed by atoms with Crippen molar-refractivity contribution in [2.75, 3.05) is 17.2 Å². The minimum Gasteiger partial charge on any atom is -0.385 e. The van der Waals surface area contributed by atoms with Crippen LogP contribution in [0.2, 0.25) is 5.15 Å². The number of benzene rings is 1. The number of hydrogen-bond donors (Lipinski definition) is 2. The second kappa shape index (κ2) is 5.46. The number of rotatable bonds is 2. The third-order valence-corrected chi connectivity index (χ3v) is 3.39. The van der Waals surface area contributed by atoms with E-state index in [1.165, 1.54) is 18.0 Å². The van der Waals surface area contributed by atoms with Gasteiger partial charge in [0.15, 0.2) is 0 Å². The van der Waals surface area contributed by atoms with Crippen LogP contribution in [0.3, 0.4) is 0 Å². The van der Waals surface area contributed by atoms with Crippen molar-refractivity contribution in [2.45, 2.75) is 12.8 Å². The summed E-state index contributed by atoms with van der Waals surface area (Å²) in [4.78, 5) is 19.9. The van der Waals surface area contributed by atoms with Gasteiger partial charge >= 0.3 is 0 Å². The Hall–Kier alpha value is -2.14. The van der Waals surface area contributed by atoms with E-state index in [1.54, 1.807) is 6.07 Å². The van der Waals surface area contributed by atoms with Crippen molar-refractivity contribution in [2.24, 2.45) is 0 Å². The molecule has 1 amide bonds. The smallest absolute Gasteiger partial charge is 0.256 e. The molecule has 102 valence electrons. The van der Waals surface area contributed by atoms with Gasteiger partial charge in [-0.05, 0) is 36.6 Å². The lowest BCUT2D eigenvalue weighted by Gasteiger charge is -2.18. The minimum absolute atomic E-state index is 0.201. The Kier molecular flexibility index (Phi) is 3.52. The van der Waals surface area contributed by atoms with Gasteiger partial charge in [0.05, 0.1) is 0 Å². The molecule has 0 unspecified atom stereocenters. The number of anilines is 2. The first kappa shape index (κ1) is 12.9. The molecule has 0 fully saturated rings. The molecular weight excluding hydrogens is 276 g/mol. The monoisotopic (exact) mass is 288 g/mol. The number of hydrogen-bond acceptors (Lipinski definition) is 4. The molecule has 0 radical (unpaired) electrons. The summed E-state index contributed by atoms with van der Waals surface area (Å²) in [7, 11) is 0. The van der Waals surface area contributed by atoms with Crippen LogP contribution < -0.4 is 10.6 Å². The van der Waals surface area contributed by atoms with Crippen molar-refractivity contribution in [1.82, 2.24) is 9.97 Å². The summed E-state index contributed by atoms with van der Waals surface area (Å²) < 4.78 is 0. The van der Waals surface area contributed by atoms with Crippen LogP contribution in [0.15, 0.2) is 30.6 Å². The highest BCUT2D eigenvalue weighted by atomic mass is 35.5. The number of aromatic nitrogens is 2. The van der Waals surface area contributed by atoms with Crippen molar-refractivity contribution in [3.8, 4) is 0 Å². The molecule has 3 rings (SSSR count). The SMILES string of the molecule is O=C(Nc1cc(Cl)ncn1)c1ccc2c(c1)CCCN2. The Morgan fingerprint density at radius 3 is 3.05 bits per heavy atom. The standard InChI is InChI=1S/C14H13ClN4O/c15-12-7-13(18-8-17-12)19-14(20)10-3-4-11-9(6-10)2-1-5-16-11/h3-4,6-8,16H,1-2,5H2,(H,17,18,19,20). The summed E-state index contributed by atoms with van der Waals surface area (Å²) in [6, 6.07) is 7.17. The Labute approximate surface area is 121 Å². The van der Waals surface area contributed by atoms with Crippen LogP contribution in [0.1, 0.15) is 22.3 Å². The molecule has 0 bridgehead atoms. The van der Waals surface area contributed by atoms with Gasteiger partial charge in [-0.2, -0.15) is 0 Å². The van der Waals surface area contributed by atoms with Crippen molar-refractivity contribution in [1.29, 1.82) is 0 Å². The minimum atomic E-state index is -0.201. The molecular formula is C14H13ClN4O. The first-order chi connectivity index (χ1) is 9.72. The lowest BCUT2D eigenvalue weighted by molar-refractivity contribution is 0.102. The van der Waals surface area contributed by atoms with Crippen LogP contribution in [0.25, 0.3) is 0 Å². The van der Waals surface area contributed by atoms with Gasteiger partial charge in [0, 0.05) is 23.9 Å². The van der Waals surface area contributed by atoms with E-state index in [0.717, 1.165) is 25.1 Å². The third kappa shape index (κ3) is 2.72. The fourth-order valence-corrected chi connectivity index (χ4v) is 2.35. The average molecular weight is 289 g/mol. The number of carbonyl (C=O) groups is 1. The summed E-state index contributed by atoms with van der Waals surface area (Å²) in [5, 5.41) is 6.32. The second-order valence-electron chi connectivity index (χ2n) is 4.58. The summed E-state index contributed by atoms with van der Waals surface area (Å²) in [6.45, 7) is 0.984. The Bertz CT molecular complexity index is 659. The first-order valence-electron chi connectivity index (χ1n) is 6.38. The van der Waals surface area contributed by atoms with Gasteiger partial charge in [0.1, 0.15) is 17.3 Å². The van der Waals surface area contributed by atoms with E-state index >= 15 is 0 Å². The van der Waals surface area contributed by atoms with E-state index in [-0.39, 0.29) is 5.91 Å². The first-order valence-corrected chi connectivity index (χ1v) is 6.76. The maximum absolute atomic E-state index is 12.2. The molecule has 0 atom stereocenters. The molecule has 5 nitrogen and oxygen atoms in total. The second-order valence-corrected chi connectivity index (χ2v) is 4.97. The molecule has 2 N–H and O–H groups in total. The zero-order chi connectivity index (χ0) is 13.9. The normalized spacial score (nSPS) is 13.2. The summed E-state index contributed by atoms with van der Waals surface area (Å²) in [5.74, 6) is 0.194. The van der Waals surface area contributed by atoms with Crippen LogP contribution in [-0.2, 0) is 6.42 Å². The largest absolute Gasteiger partial charge is 0.385 e. The van der Waals surface area contributed by atoms with E-state index < -0.39 is 0 Å². The summed E-state index contributed by atoms with van der Waals surface area (Å²) >= 11 is 5.76. The number of amides is 1. The molecule has 0 aliphatic carbocycles. The van der Waals surface area contributed by atoms with E-state index in [2.05, 4.69) is 20.6 Å². The zero-order valence-electron chi connectivity index (χ0n) is 10.7. The van der Waals surface area contributed by atoms with Gasteiger partial charge in [-0.1, -0.05) is 11.6 Å². The molecule has 1 aromatic heterocycles. The lowest BCUT2D eigenvalue weighted by atomic mass is 10.0. The zero-order valence-corrected chi connectivity index (χ0v) is 11.4. The Balaban J connectivity index is 1.80. The predicted molar refractivity (Wildman–Crippen MR) is 78.2 cm³/mol. The summed E-state index contributed by atoms with van der Waals surface area (Å²) in [5.41, 5.74) is 2.89. The topological polar surface area (TPSA) is 66.9 Å². The highest BCUT2D eigenvalue weighted by Gasteiger charge is 2.13. The molecule has 1 aliphatic heterocycles. The molecule has 0 saturated heterocycles. The molecule has 0 saturated carbocycles. The van der Waals surface area contributed by atoms with Gasteiger partial charge in [0.25, 0.3) is 5.91 Å². The number of fused-ring (bicyclic) bond motifs is 1. The van der Waals surface area contributed by atoms with Crippen molar-refractivity contribution in [3.63, 3.8) is 0 Å². The Morgan fingerprint density at radius 2 is 2.20 bits per heavy atom. The van der Waals surface area contributed by atoms with Gasteiger partial charge in [-0.25, -0.2) is 9.97 Å². The average Bonchev–Trinajstić information content (AvgIpc) is 2.47. The van der Waals surface area contributed by atoms with Gasteiger partial charge in [-0.15, -0.1) is 0 Å². The predicted octanol–water partition coefficient (Wildman–Crippen LogP) is 2.74. The van der Waals surface area contributed by atoms with Crippen LogP contribution in [0.4, 0.5) is 11.5 Å². The quantitative estimate of drug-likeness (QED) is 0.834. The van der Waals surface area contributed by atoms with Crippen molar-refractivity contribution < 1.29 is 4.79 Å². The molecule has 20 heavy (non-hydrogen) atoms. The van der Waals surface area contributed by atoms with Crippen molar-refractivity contribution in [3.05, 3.63) is 46.9 Å². The van der Waals surface area contributed by atoms with Crippen LogP contribution in [-0.4, -0.2) is 22.4 Å². The van der Waals surface area contributed by atoms with Crippen LogP contribution in [0, 0.1) is 0 Å². The number of nitrogens with one attached hydrogen (secondary N) is 2. The van der Waals surface area contributed by atoms with E-state index in [0.29, 0.717) is 16.5 Å². The van der Waals surface area contributed by atoms with E-state index in [4.69, 9.17) is 11.6 Å². The molecule has 1 aromatic carbocycles. The lowest BCUT2D eigenvalue weighted by Crippen LogP contribution is -2.16. The molecule has 1 aliphatic rings. The maximum atomic E-state index is 12.2. The number of nitrogens with zero attached hydrogens (tertiary/aromatic N) is 2. The Morgan fingerprint density at radius 1 is 1.30 bits per heavy atom. The van der Waals surface area contributed by atoms with Gasteiger partial charge in [-0.3, -0.25) is 4.79 Å². The fraction of sp³-hybridized carbons (Fsp3) is 0.214. The van der Waals surface area contributed by atoms with Gasteiger partial charge < -0.3 is 10.6 Å². The van der Waals surface area contributed by atoms with E-state index in [9.17, 15) is 4.79 Å². The molecule has 2 heterocycles. The fourth-order valence-electron chi connectivity index (χ4n) is 2.21. The number of carbonyl (C=O) groups excluding carboxylic acids is 1. The third-order valence-electron chi connectivity index (χ3n) is 3.18. The van der Waals surface area contributed by atoms with Crippen molar-refractivity contribution >= 4 is 29.0 Å². The van der Waals surface area contributed by atoms with Crippen LogP contribution in [0.5, 0.6) is 0 Å². The summed E-state index contributed by atoms with van der Waals surface area (Å²) in [6.07, 6.45) is 3.39. The van der Waals surface area contributed by atoms with Crippen LogP contribution >= 0.6 is 11.6 Å². The van der Waals surface area contributed by atoms with E-state index in [1.807, 2.05) is 12.1 Å². The molecule has 6 heteroatoms. The highest BCUT2D eigenvalue weighted by Crippen LogP contribution is 2.23. The maximum Gasteiger partial charge on any atom is 0.256 e. The molecule has 2 aromatic rings. The number of halogens is 1. The highest BCUT2D eigenvalue weighted by molar-refractivity contribution is 6.29. The van der Waals surface area contributed by atoms with Gasteiger partial charge in [0.2, 0.25) is 0 Å².